The minimum Gasteiger partial charge on any atom is -0.497 e. The maximum Gasteiger partial charge on any atom is 0.338 e. The van der Waals surface area contributed by atoms with Crippen molar-refractivity contribution >= 4 is 16.9 Å². The Morgan fingerprint density at radius 3 is 2.61 bits per heavy atom. The van der Waals surface area contributed by atoms with Gasteiger partial charge in [0.1, 0.15) is 5.75 Å². The summed E-state index contributed by atoms with van der Waals surface area (Å²) in [5, 5.41) is 9.35. The molecular weight excluding hydrogens is 244 g/mol. The summed E-state index contributed by atoms with van der Waals surface area (Å²) in [7, 11) is 2.85. The number of alkyl halides is 2. The molecule has 0 atom stereocenters. The number of ether oxygens (including phenoxy) is 1. The van der Waals surface area contributed by atoms with E-state index in [4.69, 9.17) is 9.84 Å². The number of hydrogen-bond acceptors (Lipinski definition) is 2. The van der Waals surface area contributed by atoms with Gasteiger partial charge in [-0.15, -0.1) is 0 Å². The number of aromatic carboxylic acids is 1. The fourth-order valence-electron chi connectivity index (χ4n) is 2.05. The lowest BCUT2D eigenvalue weighted by atomic mass is 10.1. The quantitative estimate of drug-likeness (QED) is 0.917. The highest BCUT2D eigenvalue weighted by atomic mass is 19.3. The molecule has 0 amide bonds. The van der Waals surface area contributed by atoms with E-state index in [1.165, 1.54) is 24.8 Å². The van der Waals surface area contributed by atoms with E-state index < -0.39 is 18.1 Å². The zero-order chi connectivity index (χ0) is 13.4. The highest BCUT2D eigenvalue weighted by molar-refractivity contribution is 6.05. The molecule has 4 nitrogen and oxygen atoms in total. The molecule has 0 bridgehead atoms. The van der Waals surface area contributed by atoms with Crippen LogP contribution in [0.3, 0.4) is 0 Å². The Morgan fingerprint density at radius 2 is 2.11 bits per heavy atom. The Kier molecular flexibility index (Phi) is 2.94. The van der Waals surface area contributed by atoms with Gasteiger partial charge in [-0.3, -0.25) is 0 Å². The molecule has 0 radical (unpaired) electrons. The Morgan fingerprint density at radius 1 is 1.44 bits per heavy atom. The number of benzene rings is 1. The molecule has 2 rings (SSSR count). The first-order chi connectivity index (χ1) is 8.47. The van der Waals surface area contributed by atoms with Gasteiger partial charge in [-0.05, 0) is 18.2 Å². The lowest BCUT2D eigenvalue weighted by molar-refractivity contribution is 0.0684. The molecule has 0 aliphatic rings. The lowest BCUT2D eigenvalue weighted by Gasteiger charge is -2.03. The predicted molar refractivity (Wildman–Crippen MR) is 61.4 cm³/mol. The number of nitrogens with zero attached hydrogens (tertiary/aromatic N) is 1. The Labute approximate surface area is 101 Å². The van der Waals surface area contributed by atoms with Gasteiger partial charge in [0.25, 0.3) is 6.43 Å². The zero-order valence-corrected chi connectivity index (χ0v) is 9.78. The molecule has 0 saturated carbocycles. The third-order valence-corrected chi connectivity index (χ3v) is 2.87. The maximum atomic E-state index is 13.0. The van der Waals surface area contributed by atoms with Gasteiger partial charge >= 0.3 is 5.97 Å². The van der Waals surface area contributed by atoms with Crippen LogP contribution >= 0.6 is 0 Å². The van der Waals surface area contributed by atoms with Gasteiger partial charge in [0.2, 0.25) is 0 Å². The first-order valence-electron chi connectivity index (χ1n) is 5.15. The summed E-state index contributed by atoms with van der Waals surface area (Å²) in [5.74, 6) is -0.944. The molecule has 18 heavy (non-hydrogen) atoms. The number of fused-ring (bicyclic) bond motifs is 1. The van der Waals surface area contributed by atoms with Crippen LogP contribution in [0.4, 0.5) is 8.78 Å². The molecule has 96 valence electrons. The highest BCUT2D eigenvalue weighted by Gasteiger charge is 2.26. The summed E-state index contributed by atoms with van der Waals surface area (Å²) in [4.78, 5) is 11.2. The third-order valence-electron chi connectivity index (χ3n) is 2.87. The van der Waals surface area contributed by atoms with Crippen LogP contribution in [-0.2, 0) is 7.05 Å². The van der Waals surface area contributed by atoms with Crippen LogP contribution in [0.2, 0.25) is 0 Å². The summed E-state index contributed by atoms with van der Waals surface area (Å²) < 4.78 is 32.1. The van der Waals surface area contributed by atoms with Crippen LogP contribution in [0.1, 0.15) is 22.5 Å². The summed E-state index contributed by atoms with van der Waals surface area (Å²) in [6, 6.07) is 4.61. The second-order valence-corrected chi connectivity index (χ2v) is 3.81. The van der Waals surface area contributed by atoms with E-state index >= 15 is 0 Å². The van der Waals surface area contributed by atoms with Gasteiger partial charge in [-0.2, -0.15) is 0 Å². The van der Waals surface area contributed by atoms with Gasteiger partial charge in [0.15, 0.2) is 0 Å². The van der Waals surface area contributed by atoms with Crippen molar-refractivity contribution in [3.8, 4) is 5.75 Å². The molecule has 0 aliphatic heterocycles. The Balaban J connectivity index is 2.88. The van der Waals surface area contributed by atoms with Crippen molar-refractivity contribution in [1.29, 1.82) is 0 Å². The largest absolute Gasteiger partial charge is 0.497 e. The second kappa shape index (κ2) is 4.29. The predicted octanol–water partition coefficient (Wildman–Crippen LogP) is 2.82. The monoisotopic (exact) mass is 255 g/mol. The second-order valence-electron chi connectivity index (χ2n) is 3.81. The van der Waals surface area contributed by atoms with E-state index in [0.29, 0.717) is 11.3 Å². The average molecular weight is 255 g/mol. The standard InChI is InChI=1S/C12H11F2NO3/c1-15-8-4-3-6(18-2)5-7(8)9(12(16)17)10(15)11(13)14/h3-5,11H,1-2H3,(H,16,17). The van der Waals surface area contributed by atoms with E-state index in [1.54, 1.807) is 12.1 Å². The molecule has 1 N–H and O–H groups in total. The van der Waals surface area contributed by atoms with Crippen LogP contribution < -0.4 is 4.74 Å². The van der Waals surface area contributed by atoms with E-state index in [0.717, 1.165) is 0 Å². The summed E-state index contributed by atoms with van der Waals surface area (Å²) >= 11 is 0. The van der Waals surface area contributed by atoms with Crippen LogP contribution in [0, 0.1) is 0 Å². The zero-order valence-electron chi connectivity index (χ0n) is 9.78. The first kappa shape index (κ1) is 12.3. The topological polar surface area (TPSA) is 51.5 Å². The molecular formula is C12H11F2NO3. The van der Waals surface area contributed by atoms with Crippen molar-refractivity contribution in [3.05, 3.63) is 29.5 Å². The minimum atomic E-state index is -2.85. The molecule has 6 heteroatoms. The number of carboxylic acid groups (broad SMARTS) is 1. The molecule has 1 aromatic carbocycles. The number of hydrogen-bond donors (Lipinski definition) is 1. The van der Waals surface area contributed by atoms with Gasteiger partial charge in [-0.1, -0.05) is 0 Å². The molecule has 0 aliphatic carbocycles. The van der Waals surface area contributed by atoms with Crippen LogP contribution in [0.15, 0.2) is 18.2 Å². The summed E-state index contributed by atoms with van der Waals surface area (Å²) in [6.07, 6.45) is -2.85. The van der Waals surface area contributed by atoms with Crippen molar-refractivity contribution in [2.45, 2.75) is 6.43 Å². The first-order valence-corrected chi connectivity index (χ1v) is 5.15. The van der Waals surface area contributed by atoms with E-state index in [2.05, 4.69) is 0 Å². The van der Waals surface area contributed by atoms with Crippen molar-refractivity contribution in [1.82, 2.24) is 4.57 Å². The smallest absolute Gasteiger partial charge is 0.338 e. The Bertz CT molecular complexity index is 619. The molecule has 1 heterocycles. The van der Waals surface area contributed by atoms with Crippen LogP contribution in [0.5, 0.6) is 5.75 Å². The summed E-state index contributed by atoms with van der Waals surface area (Å²) in [5.41, 5.74) is -0.435. The number of methoxy groups -OCH3 is 1. The van der Waals surface area contributed by atoms with E-state index in [1.807, 2.05) is 0 Å². The Hall–Kier alpha value is -2.11. The van der Waals surface area contributed by atoms with E-state index in [-0.39, 0.29) is 10.9 Å². The fourth-order valence-corrected chi connectivity index (χ4v) is 2.05. The molecule has 0 unspecified atom stereocenters. The van der Waals surface area contributed by atoms with Crippen molar-refractivity contribution in [2.24, 2.45) is 7.05 Å². The van der Waals surface area contributed by atoms with E-state index in [9.17, 15) is 13.6 Å². The van der Waals surface area contributed by atoms with Crippen molar-refractivity contribution in [2.75, 3.05) is 7.11 Å². The maximum absolute atomic E-state index is 13.0. The van der Waals surface area contributed by atoms with Gasteiger partial charge in [0, 0.05) is 18.0 Å². The third kappa shape index (κ3) is 1.70. The molecule has 0 spiro atoms. The summed E-state index contributed by atoms with van der Waals surface area (Å²) in [6.45, 7) is 0. The fraction of sp³-hybridized carbons (Fsp3) is 0.250. The number of aryl methyl sites for hydroxylation is 1. The van der Waals surface area contributed by atoms with Crippen LogP contribution in [0.25, 0.3) is 10.9 Å². The number of rotatable bonds is 3. The lowest BCUT2D eigenvalue weighted by Crippen LogP contribution is -2.04. The van der Waals surface area contributed by atoms with Gasteiger partial charge < -0.3 is 14.4 Å². The minimum absolute atomic E-state index is 0.250. The van der Waals surface area contributed by atoms with Gasteiger partial charge in [-0.25, -0.2) is 13.6 Å². The average Bonchev–Trinajstić information content (AvgIpc) is 2.62. The number of carboxylic acids is 1. The number of aromatic nitrogens is 1. The SMILES string of the molecule is COc1ccc2c(c1)c(C(=O)O)c(C(F)F)n2C. The normalized spacial score (nSPS) is 11.2. The molecule has 2 aromatic rings. The number of halogens is 2. The number of carbonyl (C=O) groups is 1. The molecule has 0 fully saturated rings. The highest BCUT2D eigenvalue weighted by Crippen LogP contribution is 2.33. The van der Waals surface area contributed by atoms with Crippen LogP contribution in [-0.4, -0.2) is 22.8 Å². The molecule has 0 saturated heterocycles. The van der Waals surface area contributed by atoms with Gasteiger partial charge in [0.05, 0.1) is 18.4 Å². The molecule has 1 aromatic heterocycles. The van der Waals surface area contributed by atoms with Crippen molar-refractivity contribution in [3.63, 3.8) is 0 Å². The van der Waals surface area contributed by atoms with Crippen molar-refractivity contribution < 1.29 is 23.4 Å².